The van der Waals surface area contributed by atoms with Crippen LogP contribution in [0.2, 0.25) is 0 Å². The van der Waals surface area contributed by atoms with Crippen LogP contribution in [0.15, 0.2) is 91.1 Å². The first-order valence-electron chi connectivity index (χ1n) is 12.7. The molecule has 0 amide bonds. The molecule has 36 heavy (non-hydrogen) atoms. The standard InChI is InChI=1S/C34H24N2/c1-21-34(35-31-13-2-3-18-36(21)31)24-16-14-22(15-17-24)26-19-25-9-6-11-28-27-10-4-7-23-8-5-12-29(32(23)27)30(20-26)33(25)28/h2-9,12-20H,10-11H2,1H3. The minimum atomic E-state index is 0.985. The van der Waals surface area contributed by atoms with Crippen molar-refractivity contribution in [2.45, 2.75) is 19.8 Å². The van der Waals surface area contributed by atoms with Crippen LogP contribution in [-0.4, -0.2) is 9.38 Å². The first-order valence-corrected chi connectivity index (χ1v) is 12.7. The number of pyridine rings is 1. The minimum absolute atomic E-state index is 0.985. The molecule has 0 spiro atoms. The van der Waals surface area contributed by atoms with Crippen molar-refractivity contribution >= 4 is 39.3 Å². The highest BCUT2D eigenvalue weighted by Gasteiger charge is 2.21. The number of aryl methyl sites for hydroxylation is 1. The quantitative estimate of drug-likeness (QED) is 0.237. The molecule has 0 saturated carbocycles. The molecule has 0 radical (unpaired) electrons. The van der Waals surface area contributed by atoms with Crippen molar-refractivity contribution in [1.29, 1.82) is 0 Å². The van der Waals surface area contributed by atoms with Crippen LogP contribution >= 0.6 is 0 Å². The van der Waals surface area contributed by atoms with Crippen LogP contribution in [0.3, 0.4) is 0 Å². The van der Waals surface area contributed by atoms with Gasteiger partial charge in [-0.25, -0.2) is 4.98 Å². The normalized spacial score (nSPS) is 13.8. The average Bonchev–Trinajstić information content (AvgIpc) is 3.27. The fraction of sp³-hybridized carbons (Fsp3) is 0.0882. The Hall–Kier alpha value is -4.43. The van der Waals surface area contributed by atoms with E-state index in [1.54, 1.807) is 0 Å². The smallest absolute Gasteiger partial charge is 0.137 e. The highest BCUT2D eigenvalue weighted by Crippen LogP contribution is 2.43. The lowest BCUT2D eigenvalue weighted by Crippen LogP contribution is -2.04. The molecule has 2 aliphatic rings. The van der Waals surface area contributed by atoms with E-state index in [-0.39, 0.29) is 0 Å². The molecule has 2 aromatic heterocycles. The maximum Gasteiger partial charge on any atom is 0.137 e. The van der Waals surface area contributed by atoms with Crippen LogP contribution in [0.4, 0.5) is 0 Å². The Morgan fingerprint density at radius 1 is 0.667 bits per heavy atom. The molecule has 0 saturated heterocycles. The van der Waals surface area contributed by atoms with Gasteiger partial charge in [0, 0.05) is 17.5 Å². The molecular weight excluding hydrogens is 436 g/mol. The predicted molar refractivity (Wildman–Crippen MR) is 151 cm³/mol. The summed E-state index contributed by atoms with van der Waals surface area (Å²) in [6, 6.07) is 26.6. The fourth-order valence-electron chi connectivity index (χ4n) is 6.35. The van der Waals surface area contributed by atoms with Crippen molar-refractivity contribution in [3.8, 4) is 22.4 Å². The van der Waals surface area contributed by atoms with E-state index in [4.69, 9.17) is 4.98 Å². The van der Waals surface area contributed by atoms with Gasteiger partial charge in [0.15, 0.2) is 0 Å². The Labute approximate surface area is 209 Å². The maximum absolute atomic E-state index is 4.88. The molecule has 6 aromatic rings. The third-order valence-electron chi connectivity index (χ3n) is 8.02. The molecule has 0 bridgehead atoms. The van der Waals surface area contributed by atoms with Gasteiger partial charge in [0.05, 0.1) is 5.69 Å². The van der Waals surface area contributed by atoms with Crippen molar-refractivity contribution in [3.63, 3.8) is 0 Å². The van der Waals surface area contributed by atoms with E-state index >= 15 is 0 Å². The summed E-state index contributed by atoms with van der Waals surface area (Å²) in [5.41, 5.74) is 12.6. The molecular formula is C34H24N2. The second kappa shape index (κ2) is 7.29. The molecule has 2 aliphatic carbocycles. The first-order chi connectivity index (χ1) is 17.8. The number of aromatic nitrogens is 2. The molecule has 2 heterocycles. The number of hydrogen-bond donors (Lipinski definition) is 0. The van der Waals surface area contributed by atoms with Gasteiger partial charge in [-0.2, -0.15) is 0 Å². The van der Waals surface area contributed by atoms with Crippen LogP contribution in [0.5, 0.6) is 0 Å². The monoisotopic (exact) mass is 460 g/mol. The summed E-state index contributed by atoms with van der Waals surface area (Å²) in [5, 5.41) is 5.63. The lowest BCUT2D eigenvalue weighted by molar-refractivity contribution is 1.11. The van der Waals surface area contributed by atoms with E-state index in [0.29, 0.717) is 0 Å². The van der Waals surface area contributed by atoms with E-state index in [1.807, 2.05) is 6.07 Å². The topological polar surface area (TPSA) is 17.3 Å². The van der Waals surface area contributed by atoms with Crippen LogP contribution < -0.4 is 0 Å². The second-order valence-electron chi connectivity index (χ2n) is 9.98. The summed E-state index contributed by atoms with van der Waals surface area (Å²) in [6.45, 7) is 2.14. The zero-order valence-corrected chi connectivity index (χ0v) is 20.1. The summed E-state index contributed by atoms with van der Waals surface area (Å²) >= 11 is 0. The summed E-state index contributed by atoms with van der Waals surface area (Å²) in [5.74, 6) is 0. The van der Waals surface area contributed by atoms with Crippen molar-refractivity contribution in [1.82, 2.24) is 9.38 Å². The predicted octanol–water partition coefficient (Wildman–Crippen LogP) is 8.42. The molecule has 0 fully saturated rings. The Morgan fingerprint density at radius 2 is 1.42 bits per heavy atom. The second-order valence-corrected chi connectivity index (χ2v) is 9.98. The first kappa shape index (κ1) is 19.8. The minimum Gasteiger partial charge on any atom is -0.304 e. The molecule has 0 unspecified atom stereocenters. The van der Waals surface area contributed by atoms with Crippen LogP contribution in [0, 0.1) is 6.92 Å². The molecule has 0 aliphatic heterocycles. The lowest BCUT2D eigenvalue weighted by Gasteiger charge is -2.24. The molecule has 170 valence electrons. The van der Waals surface area contributed by atoms with Gasteiger partial charge in [0.2, 0.25) is 0 Å². The van der Waals surface area contributed by atoms with Gasteiger partial charge in [-0.3, -0.25) is 0 Å². The van der Waals surface area contributed by atoms with Gasteiger partial charge in [-0.05, 0) is 99.0 Å². The molecule has 0 atom stereocenters. The number of nitrogens with zero attached hydrogens (tertiary/aromatic N) is 2. The number of allylic oxidation sites excluding steroid dienone is 2. The number of rotatable bonds is 2. The van der Waals surface area contributed by atoms with Crippen LogP contribution in [0.25, 0.3) is 61.7 Å². The summed E-state index contributed by atoms with van der Waals surface area (Å²) in [6.07, 6.45) is 13.4. The summed E-state index contributed by atoms with van der Waals surface area (Å²) in [4.78, 5) is 4.88. The highest BCUT2D eigenvalue weighted by molar-refractivity contribution is 6.17. The van der Waals surface area contributed by atoms with Crippen molar-refractivity contribution in [2.24, 2.45) is 0 Å². The Kier molecular flexibility index (Phi) is 4.01. The highest BCUT2D eigenvalue weighted by atomic mass is 15.0. The molecule has 4 aromatic carbocycles. The van der Waals surface area contributed by atoms with E-state index in [0.717, 1.165) is 29.7 Å². The number of imidazole rings is 1. The van der Waals surface area contributed by atoms with E-state index in [2.05, 4.69) is 109 Å². The number of hydrogen-bond acceptors (Lipinski definition) is 1. The average molecular weight is 461 g/mol. The number of benzene rings is 4. The van der Waals surface area contributed by atoms with E-state index < -0.39 is 0 Å². The summed E-state index contributed by atoms with van der Waals surface area (Å²) < 4.78 is 2.15. The molecule has 8 rings (SSSR count). The third kappa shape index (κ3) is 2.70. The van der Waals surface area contributed by atoms with Gasteiger partial charge in [0.1, 0.15) is 5.65 Å². The number of fused-ring (bicyclic) bond motifs is 3. The van der Waals surface area contributed by atoms with Crippen molar-refractivity contribution in [3.05, 3.63) is 119 Å². The van der Waals surface area contributed by atoms with Crippen LogP contribution in [0.1, 0.15) is 27.9 Å². The van der Waals surface area contributed by atoms with E-state index in [1.165, 1.54) is 60.6 Å². The van der Waals surface area contributed by atoms with Gasteiger partial charge < -0.3 is 4.40 Å². The molecule has 2 nitrogen and oxygen atoms in total. The SMILES string of the molecule is Cc1c(-c2ccc(-c3cc4c5c(c6c7c(cccc7c5c3)C=CC6)CC=C4)cc2)nc2ccccn12. The Bertz CT molecular complexity index is 1930. The fourth-order valence-corrected chi connectivity index (χ4v) is 6.35. The van der Waals surface area contributed by atoms with Gasteiger partial charge in [-0.15, -0.1) is 0 Å². The van der Waals surface area contributed by atoms with Gasteiger partial charge in [0.25, 0.3) is 0 Å². The third-order valence-corrected chi connectivity index (χ3v) is 8.02. The summed E-state index contributed by atoms with van der Waals surface area (Å²) in [7, 11) is 0. The zero-order valence-electron chi connectivity index (χ0n) is 20.1. The van der Waals surface area contributed by atoms with Gasteiger partial charge in [-0.1, -0.05) is 72.8 Å². The van der Waals surface area contributed by atoms with Gasteiger partial charge >= 0.3 is 0 Å². The molecule has 0 N–H and O–H groups in total. The zero-order chi connectivity index (χ0) is 23.8. The largest absolute Gasteiger partial charge is 0.304 e. The Balaban J connectivity index is 1.32. The van der Waals surface area contributed by atoms with E-state index in [9.17, 15) is 0 Å². The van der Waals surface area contributed by atoms with Crippen molar-refractivity contribution < 1.29 is 0 Å². The van der Waals surface area contributed by atoms with Crippen LogP contribution in [-0.2, 0) is 12.8 Å². The van der Waals surface area contributed by atoms with Crippen molar-refractivity contribution in [2.75, 3.05) is 0 Å². The molecule has 2 heteroatoms. The lowest BCUT2D eigenvalue weighted by atomic mass is 9.80. The Morgan fingerprint density at radius 3 is 2.22 bits per heavy atom. The maximum atomic E-state index is 4.88.